The van der Waals surface area contributed by atoms with Crippen molar-refractivity contribution in [2.45, 2.75) is 30.4 Å². The Kier molecular flexibility index (Phi) is 12.5. The van der Waals surface area contributed by atoms with Crippen LogP contribution in [0, 0.1) is 0 Å². The Balaban J connectivity index is 0.00000420. The van der Waals surface area contributed by atoms with E-state index in [1.54, 1.807) is 0 Å². The van der Waals surface area contributed by atoms with Crippen molar-refractivity contribution in [2.24, 2.45) is 0 Å². The monoisotopic (exact) mass is 612 g/mol. The summed E-state index contributed by atoms with van der Waals surface area (Å²) < 4.78 is -0.229. The molecule has 1 radical (unpaired) electrons. The molecule has 2 aromatic rings. The van der Waals surface area contributed by atoms with Crippen LogP contribution in [0.3, 0.4) is 0 Å². The summed E-state index contributed by atoms with van der Waals surface area (Å²) in [5.41, 5.74) is 5.22. The number of hydrogen-bond donors (Lipinski definition) is 0. The third-order valence-corrected chi connectivity index (χ3v) is 5.62. The first kappa shape index (κ1) is 26.5. The fourth-order valence-electron chi connectivity index (χ4n) is 3.22. The predicted molar refractivity (Wildman–Crippen MR) is 128 cm³/mol. The van der Waals surface area contributed by atoms with E-state index in [0.717, 1.165) is 38.8 Å². The van der Waals surface area contributed by atoms with E-state index in [1.807, 2.05) is 0 Å². The SMILES string of the molecule is CN(C)c1ccc(CCCN(CCCc2ccc(N(C)C)cc2)C([S-])[S-])cc1.[Au]. The molecule has 0 spiro atoms. The van der Waals surface area contributed by atoms with Gasteiger partial charge in [-0.15, -0.1) is 0 Å². The van der Waals surface area contributed by atoms with E-state index in [1.165, 1.54) is 22.5 Å². The molecule has 29 heavy (non-hydrogen) atoms. The molecule has 0 aromatic heterocycles. The van der Waals surface area contributed by atoms with Gasteiger partial charge in [-0.25, -0.2) is 4.71 Å². The molecule has 0 saturated heterocycles. The molecule has 2 rings (SSSR count). The van der Waals surface area contributed by atoms with E-state index in [4.69, 9.17) is 25.3 Å². The van der Waals surface area contributed by atoms with Gasteiger partial charge in [-0.2, -0.15) is 0 Å². The number of hydrogen-bond acceptors (Lipinski definition) is 5. The molecule has 3 nitrogen and oxygen atoms in total. The molecule has 165 valence electrons. The molecule has 0 aliphatic heterocycles. The van der Waals surface area contributed by atoms with E-state index in [0.29, 0.717) is 0 Å². The van der Waals surface area contributed by atoms with E-state index < -0.39 is 0 Å². The summed E-state index contributed by atoms with van der Waals surface area (Å²) in [6, 6.07) is 17.6. The van der Waals surface area contributed by atoms with Crippen LogP contribution >= 0.6 is 0 Å². The van der Waals surface area contributed by atoms with Gasteiger partial charge in [-0.1, -0.05) is 24.3 Å². The van der Waals surface area contributed by atoms with E-state index >= 15 is 0 Å². The predicted octanol–water partition coefficient (Wildman–Crippen LogP) is 4.06. The third kappa shape index (κ3) is 9.41. The number of anilines is 2. The second-order valence-corrected chi connectivity index (χ2v) is 8.86. The zero-order valence-corrected chi connectivity index (χ0v) is 21.7. The molecular formula is C23H33AuN3S2-2. The molecule has 0 amide bonds. The normalized spacial score (nSPS) is 10.9. The van der Waals surface area contributed by atoms with Crippen molar-refractivity contribution in [2.75, 3.05) is 51.1 Å². The zero-order chi connectivity index (χ0) is 20.5. The Labute approximate surface area is 204 Å². The Morgan fingerprint density at radius 3 is 1.28 bits per heavy atom. The Hall–Kier alpha value is -0.560. The van der Waals surface area contributed by atoms with E-state index in [2.05, 4.69) is 91.4 Å². The summed E-state index contributed by atoms with van der Waals surface area (Å²) in [7, 11) is 8.27. The largest absolute Gasteiger partial charge is 0.800 e. The molecule has 0 saturated carbocycles. The summed E-state index contributed by atoms with van der Waals surface area (Å²) in [5, 5.41) is 0. The number of nitrogens with zero attached hydrogens (tertiary/aromatic N) is 3. The molecule has 2 aromatic carbocycles. The summed E-state index contributed by atoms with van der Waals surface area (Å²) in [6.07, 6.45) is 4.30. The first-order chi connectivity index (χ1) is 13.4. The van der Waals surface area contributed by atoms with Crippen LogP contribution in [-0.2, 0) is 60.5 Å². The van der Waals surface area contributed by atoms with Crippen LogP contribution in [0.4, 0.5) is 11.4 Å². The van der Waals surface area contributed by atoms with Gasteiger partial charge in [0.15, 0.2) is 0 Å². The topological polar surface area (TPSA) is 9.72 Å². The van der Waals surface area contributed by atoms with E-state index in [-0.39, 0.29) is 27.1 Å². The van der Waals surface area contributed by atoms with Crippen molar-refractivity contribution in [1.29, 1.82) is 0 Å². The third-order valence-electron chi connectivity index (χ3n) is 5.03. The fraction of sp³-hybridized carbons (Fsp3) is 0.478. The van der Waals surface area contributed by atoms with Gasteiger partial charge in [0.25, 0.3) is 0 Å². The van der Waals surface area contributed by atoms with Gasteiger partial charge in [-0.3, -0.25) is 0 Å². The van der Waals surface area contributed by atoms with Crippen molar-refractivity contribution >= 4 is 36.6 Å². The van der Waals surface area contributed by atoms with Crippen LogP contribution in [0.2, 0.25) is 0 Å². The fourth-order valence-corrected chi connectivity index (χ4v) is 3.64. The molecule has 0 N–H and O–H groups in total. The summed E-state index contributed by atoms with van der Waals surface area (Å²) in [5.74, 6) is 0. The minimum atomic E-state index is -0.229. The Morgan fingerprint density at radius 2 is 1.00 bits per heavy atom. The number of rotatable bonds is 11. The van der Waals surface area contributed by atoms with Gasteiger partial charge < -0.3 is 40.0 Å². The van der Waals surface area contributed by atoms with Crippen molar-refractivity contribution in [3.63, 3.8) is 0 Å². The van der Waals surface area contributed by atoms with Gasteiger partial charge in [0, 0.05) is 61.9 Å². The van der Waals surface area contributed by atoms with Crippen molar-refractivity contribution in [3.8, 4) is 0 Å². The van der Waals surface area contributed by atoms with Gasteiger partial charge >= 0.3 is 0 Å². The van der Waals surface area contributed by atoms with Crippen LogP contribution in [0.1, 0.15) is 24.0 Å². The van der Waals surface area contributed by atoms with Gasteiger partial charge in [0.2, 0.25) is 0 Å². The molecule has 0 fully saturated rings. The average molecular weight is 613 g/mol. The van der Waals surface area contributed by atoms with Crippen molar-refractivity contribution in [3.05, 3.63) is 59.7 Å². The first-order valence-electron chi connectivity index (χ1n) is 9.95. The van der Waals surface area contributed by atoms with Crippen molar-refractivity contribution in [1.82, 2.24) is 4.90 Å². The molecule has 0 aliphatic carbocycles. The van der Waals surface area contributed by atoms with Crippen LogP contribution in [0.15, 0.2) is 48.5 Å². The van der Waals surface area contributed by atoms with Gasteiger partial charge in [0.05, 0.1) is 0 Å². The van der Waals surface area contributed by atoms with Gasteiger partial charge in [-0.05, 0) is 74.2 Å². The second-order valence-electron chi connectivity index (χ2n) is 7.67. The zero-order valence-electron chi connectivity index (χ0n) is 17.9. The van der Waals surface area contributed by atoms with Crippen LogP contribution in [0.25, 0.3) is 0 Å². The maximum absolute atomic E-state index is 5.38. The smallest absolute Gasteiger partial charge is 0.0361 e. The van der Waals surface area contributed by atoms with E-state index in [9.17, 15) is 0 Å². The molecule has 0 bridgehead atoms. The molecular weight excluding hydrogens is 579 g/mol. The maximum Gasteiger partial charge on any atom is 0.0361 e. The van der Waals surface area contributed by atoms with Crippen molar-refractivity contribution < 1.29 is 22.4 Å². The second kappa shape index (κ2) is 13.7. The standard InChI is InChI=1S/C23H35N3S2.Au/c1-24(2)21-13-9-19(10-14-21)7-5-17-26(23(27)28)18-6-8-20-11-15-22(16-12-20)25(3)4;/h9-16,23,27-28H,5-8,17-18H2,1-4H3;/p-2. The Bertz CT molecular complexity index is 631. The van der Waals surface area contributed by atoms with Crippen LogP contribution in [0.5, 0.6) is 0 Å². The quantitative estimate of drug-likeness (QED) is 0.279. The average Bonchev–Trinajstić information content (AvgIpc) is 2.67. The molecule has 0 heterocycles. The van der Waals surface area contributed by atoms with Crippen LogP contribution < -0.4 is 9.80 Å². The van der Waals surface area contributed by atoms with Gasteiger partial charge in [0.1, 0.15) is 0 Å². The maximum atomic E-state index is 5.38. The molecule has 6 heteroatoms. The number of benzene rings is 2. The summed E-state index contributed by atoms with van der Waals surface area (Å²) >= 11 is 10.8. The summed E-state index contributed by atoms with van der Waals surface area (Å²) in [6.45, 7) is 1.93. The minimum absolute atomic E-state index is 0. The molecule has 0 unspecified atom stereocenters. The number of aryl methyl sites for hydroxylation is 2. The summed E-state index contributed by atoms with van der Waals surface area (Å²) in [4.78, 5) is 6.50. The molecule has 0 atom stereocenters. The first-order valence-corrected chi connectivity index (χ1v) is 10.9. The minimum Gasteiger partial charge on any atom is -0.800 e. The molecule has 0 aliphatic rings. The van der Waals surface area contributed by atoms with Crippen LogP contribution in [-0.4, -0.2) is 50.9 Å². The Morgan fingerprint density at radius 1 is 0.655 bits per heavy atom.